The number of hydrogen-bond acceptors (Lipinski definition) is 3. The number of nitrogens with one attached hydrogen (secondary N) is 1. The summed E-state index contributed by atoms with van der Waals surface area (Å²) in [6, 6.07) is 4.78. The van der Waals surface area contributed by atoms with Gasteiger partial charge in [0.2, 0.25) is 0 Å². The Bertz CT molecular complexity index is 620. The second kappa shape index (κ2) is 7.10. The van der Waals surface area contributed by atoms with Gasteiger partial charge in [0, 0.05) is 11.4 Å². The van der Waals surface area contributed by atoms with E-state index >= 15 is 0 Å². The summed E-state index contributed by atoms with van der Waals surface area (Å²) in [4.78, 5) is 23.7. The van der Waals surface area contributed by atoms with Crippen LogP contribution in [-0.4, -0.2) is 18.5 Å². The molecule has 0 radical (unpaired) electrons. The molecule has 1 N–H and O–H groups in total. The summed E-state index contributed by atoms with van der Waals surface area (Å²) in [5.74, 6) is 1.22. The summed E-state index contributed by atoms with van der Waals surface area (Å²) >= 11 is 11.8. The molecule has 1 aromatic rings. The topological polar surface area (TPSA) is 55.4 Å². The quantitative estimate of drug-likeness (QED) is 0.801. The lowest BCUT2D eigenvalue weighted by molar-refractivity contribution is -0.148. The Morgan fingerprint density at radius 2 is 2.04 bits per heavy atom. The van der Waals surface area contributed by atoms with E-state index in [9.17, 15) is 9.59 Å². The predicted octanol–water partition coefficient (Wildman–Crippen LogP) is 4.30. The molecule has 3 rings (SSSR count). The number of hydrogen-bond donors (Lipinski definition) is 1. The fourth-order valence-electron chi connectivity index (χ4n) is 3.82. The Hall–Kier alpha value is -1.26. The lowest BCUT2D eigenvalue weighted by Crippen LogP contribution is -2.23. The minimum absolute atomic E-state index is 0.292. The van der Waals surface area contributed by atoms with Crippen molar-refractivity contribution >= 4 is 40.8 Å². The van der Waals surface area contributed by atoms with Crippen molar-refractivity contribution in [2.75, 3.05) is 11.9 Å². The Kier molecular flexibility index (Phi) is 5.12. The molecule has 2 saturated carbocycles. The first-order valence-corrected chi connectivity index (χ1v) is 8.67. The van der Waals surface area contributed by atoms with Crippen molar-refractivity contribution in [3.63, 3.8) is 0 Å². The van der Waals surface area contributed by atoms with Gasteiger partial charge in [0.1, 0.15) is 0 Å². The van der Waals surface area contributed by atoms with E-state index in [0.717, 1.165) is 12.3 Å². The average Bonchev–Trinajstić information content (AvgIpc) is 3.11. The van der Waals surface area contributed by atoms with Crippen LogP contribution >= 0.6 is 23.2 Å². The SMILES string of the molecule is O=C(COC(=O)C[C@@H]1C[C@H]2CC[C@H]1C2)Nc1ccc(Cl)cc1Cl. The van der Waals surface area contributed by atoms with E-state index in [2.05, 4.69) is 5.32 Å². The molecule has 2 bridgehead atoms. The van der Waals surface area contributed by atoms with Crippen LogP contribution in [0.25, 0.3) is 0 Å². The van der Waals surface area contributed by atoms with E-state index in [0.29, 0.717) is 34.0 Å². The molecule has 6 heteroatoms. The number of carbonyl (C=O) groups excluding carboxylic acids is 2. The molecule has 0 spiro atoms. The first-order valence-electron chi connectivity index (χ1n) is 7.92. The second-order valence-corrected chi connectivity index (χ2v) is 7.32. The highest BCUT2D eigenvalue weighted by molar-refractivity contribution is 6.36. The Morgan fingerprint density at radius 3 is 2.70 bits per heavy atom. The number of carbonyl (C=O) groups is 2. The van der Waals surface area contributed by atoms with Gasteiger partial charge in [-0.3, -0.25) is 9.59 Å². The molecule has 2 aliphatic carbocycles. The third kappa shape index (κ3) is 4.18. The molecular weight excluding hydrogens is 337 g/mol. The zero-order valence-electron chi connectivity index (χ0n) is 12.7. The van der Waals surface area contributed by atoms with Crippen LogP contribution in [0.3, 0.4) is 0 Å². The van der Waals surface area contributed by atoms with E-state index in [1.807, 2.05) is 0 Å². The molecule has 0 aliphatic heterocycles. The van der Waals surface area contributed by atoms with Gasteiger partial charge in [0.15, 0.2) is 6.61 Å². The lowest BCUT2D eigenvalue weighted by Gasteiger charge is -2.20. The number of esters is 1. The first kappa shape index (κ1) is 16.6. The molecule has 0 saturated heterocycles. The van der Waals surface area contributed by atoms with Crippen molar-refractivity contribution in [2.24, 2.45) is 17.8 Å². The Labute approximate surface area is 145 Å². The monoisotopic (exact) mass is 355 g/mol. The fraction of sp³-hybridized carbons (Fsp3) is 0.529. The van der Waals surface area contributed by atoms with E-state index in [-0.39, 0.29) is 12.6 Å². The molecule has 2 fully saturated rings. The molecule has 3 atom stereocenters. The van der Waals surface area contributed by atoms with Crippen LogP contribution in [-0.2, 0) is 14.3 Å². The van der Waals surface area contributed by atoms with Crippen molar-refractivity contribution < 1.29 is 14.3 Å². The molecule has 0 unspecified atom stereocenters. The largest absolute Gasteiger partial charge is 0.456 e. The smallest absolute Gasteiger partial charge is 0.306 e. The number of ether oxygens (including phenoxy) is 1. The second-order valence-electron chi connectivity index (χ2n) is 6.47. The summed E-state index contributed by atoms with van der Waals surface area (Å²) in [7, 11) is 0. The molecule has 4 nitrogen and oxygen atoms in total. The number of rotatable bonds is 5. The van der Waals surface area contributed by atoms with E-state index in [1.165, 1.54) is 19.3 Å². The van der Waals surface area contributed by atoms with Crippen LogP contribution in [0.15, 0.2) is 18.2 Å². The Balaban J connectivity index is 1.42. The third-order valence-corrected chi connectivity index (χ3v) is 5.43. The molecular formula is C17H19Cl2NO3. The van der Waals surface area contributed by atoms with Gasteiger partial charge in [-0.15, -0.1) is 0 Å². The van der Waals surface area contributed by atoms with Crippen LogP contribution in [0.4, 0.5) is 5.69 Å². The van der Waals surface area contributed by atoms with Crippen LogP contribution in [0.5, 0.6) is 0 Å². The molecule has 2 aliphatic rings. The minimum atomic E-state index is -0.407. The van der Waals surface area contributed by atoms with Crippen LogP contribution < -0.4 is 5.32 Å². The summed E-state index contributed by atoms with van der Waals surface area (Å²) < 4.78 is 5.09. The minimum Gasteiger partial charge on any atom is -0.456 e. The van der Waals surface area contributed by atoms with Gasteiger partial charge in [0.05, 0.1) is 10.7 Å². The zero-order chi connectivity index (χ0) is 16.4. The molecule has 1 aromatic carbocycles. The maximum absolute atomic E-state index is 11.9. The summed E-state index contributed by atoms with van der Waals surface area (Å²) in [5, 5.41) is 3.44. The van der Waals surface area contributed by atoms with Gasteiger partial charge < -0.3 is 10.1 Å². The van der Waals surface area contributed by atoms with E-state index in [1.54, 1.807) is 18.2 Å². The van der Waals surface area contributed by atoms with Gasteiger partial charge >= 0.3 is 5.97 Å². The van der Waals surface area contributed by atoms with Crippen molar-refractivity contribution in [3.05, 3.63) is 28.2 Å². The highest BCUT2D eigenvalue weighted by Crippen LogP contribution is 2.49. The average molecular weight is 356 g/mol. The molecule has 0 aromatic heterocycles. The molecule has 0 heterocycles. The summed E-state index contributed by atoms with van der Waals surface area (Å²) in [6.07, 6.45) is 5.36. The lowest BCUT2D eigenvalue weighted by atomic mass is 9.86. The molecule has 1 amide bonds. The van der Waals surface area contributed by atoms with Crippen LogP contribution in [0.1, 0.15) is 32.1 Å². The number of benzene rings is 1. The number of amides is 1. The van der Waals surface area contributed by atoms with Crippen molar-refractivity contribution in [2.45, 2.75) is 32.1 Å². The summed E-state index contributed by atoms with van der Waals surface area (Å²) in [5.41, 5.74) is 0.449. The maximum Gasteiger partial charge on any atom is 0.306 e. The maximum atomic E-state index is 11.9. The van der Waals surface area contributed by atoms with Gasteiger partial charge in [-0.1, -0.05) is 29.6 Å². The van der Waals surface area contributed by atoms with Gasteiger partial charge in [-0.2, -0.15) is 0 Å². The number of fused-ring (bicyclic) bond motifs is 2. The van der Waals surface area contributed by atoms with Crippen molar-refractivity contribution in [1.29, 1.82) is 0 Å². The van der Waals surface area contributed by atoms with Crippen LogP contribution in [0, 0.1) is 17.8 Å². The molecule has 124 valence electrons. The van der Waals surface area contributed by atoms with E-state index < -0.39 is 5.91 Å². The zero-order valence-corrected chi connectivity index (χ0v) is 14.2. The predicted molar refractivity (Wildman–Crippen MR) is 89.6 cm³/mol. The Morgan fingerprint density at radius 1 is 1.22 bits per heavy atom. The first-order chi connectivity index (χ1) is 11.0. The van der Waals surface area contributed by atoms with Gasteiger partial charge in [0.25, 0.3) is 5.91 Å². The van der Waals surface area contributed by atoms with Gasteiger partial charge in [-0.05, 0) is 55.2 Å². The number of anilines is 1. The van der Waals surface area contributed by atoms with E-state index in [4.69, 9.17) is 27.9 Å². The highest BCUT2D eigenvalue weighted by Gasteiger charge is 2.40. The number of halogens is 2. The van der Waals surface area contributed by atoms with Gasteiger partial charge in [-0.25, -0.2) is 0 Å². The normalized spacial score (nSPS) is 25.4. The van der Waals surface area contributed by atoms with Crippen molar-refractivity contribution in [1.82, 2.24) is 0 Å². The fourth-order valence-corrected chi connectivity index (χ4v) is 4.28. The standard InChI is InChI=1S/C17H19Cl2NO3/c18-13-3-4-15(14(19)8-13)20-16(21)9-23-17(22)7-12-6-10-1-2-11(12)5-10/h3-4,8,10-12H,1-2,5-7,9H2,(H,20,21)/t10-,11-,12-/m0/s1. The molecule has 23 heavy (non-hydrogen) atoms. The van der Waals surface area contributed by atoms with Crippen LogP contribution in [0.2, 0.25) is 10.0 Å². The third-order valence-electron chi connectivity index (χ3n) is 4.88. The summed E-state index contributed by atoms with van der Waals surface area (Å²) in [6.45, 7) is -0.293. The van der Waals surface area contributed by atoms with Crippen molar-refractivity contribution in [3.8, 4) is 0 Å². The highest BCUT2D eigenvalue weighted by atomic mass is 35.5.